The van der Waals surface area contributed by atoms with E-state index in [-0.39, 0.29) is 0 Å². The SMILES string of the molecule is Cc1cccnc1CSCCNC(N)=NCCCc1cnc[nH]1. The van der Waals surface area contributed by atoms with E-state index in [1.165, 1.54) is 5.56 Å². The molecule has 0 unspecified atom stereocenters. The summed E-state index contributed by atoms with van der Waals surface area (Å²) >= 11 is 1.84. The average molecular weight is 332 g/mol. The van der Waals surface area contributed by atoms with Crippen molar-refractivity contribution < 1.29 is 0 Å². The molecule has 0 aliphatic rings. The van der Waals surface area contributed by atoms with Gasteiger partial charge in [-0.3, -0.25) is 9.98 Å². The van der Waals surface area contributed by atoms with Gasteiger partial charge in [-0.25, -0.2) is 4.98 Å². The molecule has 2 aromatic rings. The fourth-order valence-electron chi connectivity index (χ4n) is 2.04. The molecule has 0 aliphatic carbocycles. The van der Waals surface area contributed by atoms with Crippen LogP contribution in [0.5, 0.6) is 0 Å². The van der Waals surface area contributed by atoms with E-state index < -0.39 is 0 Å². The van der Waals surface area contributed by atoms with Gasteiger partial charge in [0.1, 0.15) is 0 Å². The molecule has 0 radical (unpaired) electrons. The number of thioether (sulfide) groups is 1. The van der Waals surface area contributed by atoms with Gasteiger partial charge in [0.2, 0.25) is 0 Å². The van der Waals surface area contributed by atoms with Gasteiger partial charge in [0.15, 0.2) is 5.96 Å². The summed E-state index contributed by atoms with van der Waals surface area (Å²) in [6, 6.07) is 4.06. The van der Waals surface area contributed by atoms with Crippen molar-refractivity contribution in [2.24, 2.45) is 10.7 Å². The first-order valence-electron chi connectivity index (χ1n) is 7.75. The monoisotopic (exact) mass is 332 g/mol. The number of guanidine groups is 1. The number of rotatable bonds is 9. The lowest BCUT2D eigenvalue weighted by Gasteiger charge is -2.06. The number of imidazole rings is 1. The van der Waals surface area contributed by atoms with Crippen molar-refractivity contribution in [1.82, 2.24) is 20.3 Å². The largest absolute Gasteiger partial charge is 0.370 e. The summed E-state index contributed by atoms with van der Waals surface area (Å²) in [5, 5.41) is 3.14. The number of nitrogens with one attached hydrogen (secondary N) is 2. The minimum atomic E-state index is 0.518. The molecule has 4 N–H and O–H groups in total. The summed E-state index contributed by atoms with van der Waals surface area (Å²) in [5.41, 5.74) is 9.37. The summed E-state index contributed by atoms with van der Waals surface area (Å²) in [6.45, 7) is 3.62. The fraction of sp³-hybridized carbons (Fsp3) is 0.438. The Labute approximate surface area is 141 Å². The number of pyridine rings is 1. The van der Waals surface area contributed by atoms with Gasteiger partial charge in [-0.15, -0.1) is 0 Å². The molecule has 124 valence electrons. The Hall–Kier alpha value is -2.02. The lowest BCUT2D eigenvalue weighted by Crippen LogP contribution is -2.33. The van der Waals surface area contributed by atoms with Crippen LogP contribution in [0.4, 0.5) is 0 Å². The third kappa shape index (κ3) is 6.73. The van der Waals surface area contributed by atoms with Crippen LogP contribution in [0.2, 0.25) is 0 Å². The van der Waals surface area contributed by atoms with Crippen LogP contribution in [0.1, 0.15) is 23.4 Å². The highest BCUT2D eigenvalue weighted by Crippen LogP contribution is 2.12. The molecule has 0 aromatic carbocycles. The van der Waals surface area contributed by atoms with Crippen LogP contribution in [0.15, 0.2) is 35.8 Å². The van der Waals surface area contributed by atoms with Gasteiger partial charge in [0.05, 0.1) is 12.0 Å². The summed E-state index contributed by atoms with van der Waals surface area (Å²) in [5.74, 6) is 2.42. The molecule has 0 saturated carbocycles. The molecule has 23 heavy (non-hydrogen) atoms. The van der Waals surface area contributed by atoms with Crippen LogP contribution in [0.25, 0.3) is 0 Å². The quantitative estimate of drug-likeness (QED) is 0.370. The summed E-state index contributed by atoms with van der Waals surface area (Å²) in [4.78, 5) is 15.8. The van der Waals surface area contributed by atoms with E-state index in [1.54, 1.807) is 6.33 Å². The van der Waals surface area contributed by atoms with Crippen LogP contribution in [-0.4, -0.2) is 39.8 Å². The number of nitrogens with two attached hydrogens (primary N) is 1. The second kappa shape index (κ2) is 9.89. The Morgan fingerprint density at radius 1 is 1.48 bits per heavy atom. The standard InChI is InChI=1S/C16H24N6S/c1-13-4-2-6-19-15(13)11-23-9-8-21-16(17)20-7-3-5-14-10-18-12-22-14/h2,4,6,10,12H,3,5,7-9,11H2,1H3,(H,18,22)(H3,17,20,21). The van der Waals surface area contributed by atoms with Crippen LogP contribution in [-0.2, 0) is 12.2 Å². The van der Waals surface area contributed by atoms with Crippen LogP contribution in [0.3, 0.4) is 0 Å². The predicted molar refractivity (Wildman–Crippen MR) is 96.5 cm³/mol. The van der Waals surface area contributed by atoms with Gasteiger partial charge >= 0.3 is 0 Å². The summed E-state index contributed by atoms with van der Waals surface area (Å²) in [6.07, 6.45) is 7.27. The molecule has 0 aliphatic heterocycles. The molecule has 0 fully saturated rings. The van der Waals surface area contributed by atoms with E-state index in [9.17, 15) is 0 Å². The molecular weight excluding hydrogens is 308 g/mol. The Morgan fingerprint density at radius 3 is 3.17 bits per heavy atom. The van der Waals surface area contributed by atoms with Gasteiger partial charge in [0, 0.05) is 42.7 Å². The van der Waals surface area contributed by atoms with Crippen molar-refractivity contribution >= 4 is 17.7 Å². The lowest BCUT2D eigenvalue weighted by molar-refractivity contribution is 0.806. The number of aliphatic imine (C=N–C) groups is 1. The number of aromatic nitrogens is 3. The topological polar surface area (TPSA) is 92.0 Å². The first kappa shape index (κ1) is 17.3. The van der Waals surface area contributed by atoms with Gasteiger partial charge in [-0.2, -0.15) is 11.8 Å². The molecule has 0 amide bonds. The van der Waals surface area contributed by atoms with Crippen molar-refractivity contribution in [2.45, 2.75) is 25.5 Å². The molecule has 2 aromatic heterocycles. The summed E-state index contributed by atoms with van der Waals surface area (Å²) < 4.78 is 0. The van der Waals surface area contributed by atoms with Crippen LogP contribution in [0, 0.1) is 6.92 Å². The van der Waals surface area contributed by atoms with Crippen molar-refractivity contribution in [1.29, 1.82) is 0 Å². The van der Waals surface area contributed by atoms with Crippen LogP contribution < -0.4 is 11.1 Å². The maximum absolute atomic E-state index is 5.85. The normalized spacial score (nSPS) is 11.6. The Morgan fingerprint density at radius 2 is 2.39 bits per heavy atom. The van der Waals surface area contributed by atoms with Gasteiger partial charge < -0.3 is 16.0 Å². The van der Waals surface area contributed by atoms with E-state index >= 15 is 0 Å². The smallest absolute Gasteiger partial charge is 0.188 e. The van der Waals surface area contributed by atoms with E-state index in [2.05, 4.69) is 38.3 Å². The number of H-pyrrole nitrogens is 1. The van der Waals surface area contributed by atoms with Crippen LogP contribution >= 0.6 is 11.8 Å². The number of hydrogen-bond acceptors (Lipinski definition) is 4. The molecular formula is C16H24N6S. The summed E-state index contributed by atoms with van der Waals surface area (Å²) in [7, 11) is 0. The van der Waals surface area contributed by atoms with Gasteiger partial charge in [0.25, 0.3) is 0 Å². The molecule has 0 atom stereocenters. The number of nitrogens with zero attached hydrogens (tertiary/aromatic N) is 3. The predicted octanol–water partition coefficient (Wildman–Crippen LogP) is 1.88. The van der Waals surface area contributed by atoms with E-state index in [0.717, 1.165) is 48.8 Å². The molecule has 0 bridgehead atoms. The van der Waals surface area contributed by atoms with Gasteiger partial charge in [-0.05, 0) is 31.4 Å². The maximum Gasteiger partial charge on any atom is 0.188 e. The highest BCUT2D eigenvalue weighted by molar-refractivity contribution is 7.98. The molecule has 7 heteroatoms. The molecule has 0 spiro atoms. The van der Waals surface area contributed by atoms with Crippen molar-refractivity contribution in [2.75, 3.05) is 18.8 Å². The zero-order chi connectivity index (χ0) is 16.3. The first-order chi connectivity index (χ1) is 11.3. The fourth-order valence-corrected chi connectivity index (χ4v) is 2.92. The second-order valence-corrected chi connectivity index (χ2v) is 6.30. The number of hydrogen-bond donors (Lipinski definition) is 3. The average Bonchev–Trinajstić information content (AvgIpc) is 3.06. The van der Waals surface area contributed by atoms with E-state index in [1.807, 2.05) is 30.2 Å². The first-order valence-corrected chi connectivity index (χ1v) is 8.90. The maximum atomic E-state index is 5.85. The van der Waals surface area contributed by atoms with Crippen molar-refractivity contribution in [3.05, 3.63) is 47.8 Å². The molecule has 0 saturated heterocycles. The molecule has 2 rings (SSSR count). The minimum Gasteiger partial charge on any atom is -0.370 e. The lowest BCUT2D eigenvalue weighted by atomic mass is 10.2. The Balaban J connectivity index is 1.53. The van der Waals surface area contributed by atoms with E-state index in [4.69, 9.17) is 5.73 Å². The van der Waals surface area contributed by atoms with Gasteiger partial charge in [-0.1, -0.05) is 6.07 Å². The minimum absolute atomic E-state index is 0.518. The Bertz CT molecular complexity index is 596. The van der Waals surface area contributed by atoms with Crippen molar-refractivity contribution in [3.8, 4) is 0 Å². The molecule has 2 heterocycles. The zero-order valence-electron chi connectivity index (χ0n) is 13.5. The van der Waals surface area contributed by atoms with E-state index in [0.29, 0.717) is 5.96 Å². The highest BCUT2D eigenvalue weighted by atomic mass is 32.2. The molecule has 6 nitrogen and oxygen atoms in total. The second-order valence-electron chi connectivity index (χ2n) is 5.19. The highest BCUT2D eigenvalue weighted by Gasteiger charge is 1.99. The Kier molecular flexibility index (Phi) is 7.45. The van der Waals surface area contributed by atoms with Crippen molar-refractivity contribution in [3.63, 3.8) is 0 Å². The third-order valence-electron chi connectivity index (χ3n) is 3.35. The number of aryl methyl sites for hydroxylation is 2. The third-order valence-corrected chi connectivity index (χ3v) is 4.32. The zero-order valence-corrected chi connectivity index (χ0v) is 14.3. The number of aromatic amines is 1.